The molecule has 2 aromatic carbocycles. The number of carboxylic acid groups (broad SMARTS) is 1. The van der Waals surface area contributed by atoms with Crippen LogP contribution in [0.1, 0.15) is 66.4 Å². The van der Waals surface area contributed by atoms with Gasteiger partial charge >= 0.3 is 5.97 Å². The molecule has 0 saturated heterocycles. The quantitative estimate of drug-likeness (QED) is 0.311. The molecule has 0 aliphatic heterocycles. The SMILES string of the molecule is Cc1nc2cc(CNC(=O)c3cc(C(=O)N[C@H]4CCc5cc(C(=O)O)ccc54)nc4cnnn34)ccc2o1. The van der Waals surface area contributed by atoms with Crippen molar-refractivity contribution in [3.8, 4) is 0 Å². The number of aromatic carboxylic acids is 1. The van der Waals surface area contributed by atoms with Gasteiger partial charge in [0.25, 0.3) is 11.8 Å². The highest BCUT2D eigenvalue weighted by Gasteiger charge is 2.27. The van der Waals surface area contributed by atoms with Crippen molar-refractivity contribution in [2.45, 2.75) is 32.4 Å². The maximum atomic E-state index is 13.2. The summed E-state index contributed by atoms with van der Waals surface area (Å²) in [4.78, 5) is 46.2. The summed E-state index contributed by atoms with van der Waals surface area (Å²) in [6.07, 6.45) is 2.64. The van der Waals surface area contributed by atoms with Gasteiger partial charge in [-0.1, -0.05) is 17.3 Å². The van der Waals surface area contributed by atoms with Crippen LogP contribution in [-0.4, -0.2) is 47.7 Å². The van der Waals surface area contributed by atoms with E-state index in [2.05, 4.69) is 30.9 Å². The molecule has 0 bridgehead atoms. The van der Waals surface area contributed by atoms with E-state index in [4.69, 9.17) is 4.42 Å². The number of amides is 2. The number of fused-ring (bicyclic) bond motifs is 3. The normalized spacial score (nSPS) is 14.5. The van der Waals surface area contributed by atoms with Gasteiger partial charge in [-0.05, 0) is 53.8 Å². The van der Waals surface area contributed by atoms with E-state index in [0.717, 1.165) is 16.7 Å². The molecule has 3 aromatic heterocycles. The van der Waals surface area contributed by atoms with Crippen molar-refractivity contribution in [1.82, 2.24) is 35.4 Å². The molecule has 190 valence electrons. The Balaban J connectivity index is 1.21. The minimum Gasteiger partial charge on any atom is -0.478 e. The molecular weight excluding hydrogens is 490 g/mol. The third-order valence-electron chi connectivity index (χ3n) is 6.52. The molecule has 0 unspecified atom stereocenters. The molecule has 0 saturated carbocycles. The summed E-state index contributed by atoms with van der Waals surface area (Å²) < 4.78 is 6.76. The number of aromatic nitrogens is 5. The summed E-state index contributed by atoms with van der Waals surface area (Å²) in [5, 5.41) is 22.8. The van der Waals surface area contributed by atoms with Crippen LogP contribution in [0.15, 0.2) is 53.1 Å². The highest BCUT2D eigenvalue weighted by atomic mass is 16.4. The maximum absolute atomic E-state index is 13.2. The van der Waals surface area contributed by atoms with E-state index in [1.807, 2.05) is 12.1 Å². The van der Waals surface area contributed by atoms with Crippen molar-refractivity contribution in [3.63, 3.8) is 0 Å². The second kappa shape index (κ2) is 9.07. The van der Waals surface area contributed by atoms with Crippen LogP contribution in [0.2, 0.25) is 0 Å². The van der Waals surface area contributed by atoms with E-state index in [0.29, 0.717) is 29.8 Å². The number of carbonyl (C=O) groups is 3. The number of hydrogen-bond donors (Lipinski definition) is 3. The standard InChI is InChI=1S/C26H21N7O5/c1-13-29-19-8-14(2-7-22(19)38-13)11-27-25(35)21-10-20(30-23-12-28-32-33(21)23)24(34)31-18-6-4-15-9-16(26(36)37)3-5-17(15)18/h2-3,5,7-10,12,18H,4,6,11H2,1H3,(H,27,35)(H,31,34)(H,36,37)/t18-/m0/s1. The van der Waals surface area contributed by atoms with Gasteiger partial charge in [0.1, 0.15) is 16.9 Å². The molecule has 3 N–H and O–H groups in total. The van der Waals surface area contributed by atoms with Crippen molar-refractivity contribution in [3.05, 3.63) is 88.2 Å². The predicted octanol–water partition coefficient (Wildman–Crippen LogP) is 2.62. The van der Waals surface area contributed by atoms with Crippen LogP contribution in [0.3, 0.4) is 0 Å². The highest BCUT2D eigenvalue weighted by Crippen LogP contribution is 2.32. The lowest BCUT2D eigenvalue weighted by atomic mass is 10.0. The monoisotopic (exact) mass is 511 g/mol. The Morgan fingerprint density at radius 3 is 2.82 bits per heavy atom. The molecule has 5 aromatic rings. The first kappa shape index (κ1) is 23.3. The van der Waals surface area contributed by atoms with Crippen LogP contribution < -0.4 is 10.6 Å². The number of nitrogens with one attached hydrogen (secondary N) is 2. The lowest BCUT2D eigenvalue weighted by Gasteiger charge is -2.15. The van der Waals surface area contributed by atoms with Gasteiger partial charge in [0, 0.05) is 19.5 Å². The predicted molar refractivity (Wildman–Crippen MR) is 133 cm³/mol. The Morgan fingerprint density at radius 2 is 1.97 bits per heavy atom. The van der Waals surface area contributed by atoms with Gasteiger partial charge in [-0.15, -0.1) is 5.10 Å². The molecule has 12 heteroatoms. The molecule has 1 atom stereocenters. The summed E-state index contributed by atoms with van der Waals surface area (Å²) in [5.41, 5.74) is 4.55. The van der Waals surface area contributed by atoms with E-state index in [9.17, 15) is 19.5 Å². The van der Waals surface area contributed by atoms with Crippen molar-refractivity contribution in [2.24, 2.45) is 0 Å². The van der Waals surface area contributed by atoms with E-state index < -0.39 is 17.8 Å². The van der Waals surface area contributed by atoms with Crippen molar-refractivity contribution < 1.29 is 23.9 Å². The Hall–Kier alpha value is -5.13. The highest BCUT2D eigenvalue weighted by molar-refractivity contribution is 5.98. The number of oxazole rings is 1. The van der Waals surface area contributed by atoms with Gasteiger partial charge in [0.05, 0.1) is 17.8 Å². The number of carboxylic acids is 1. The molecule has 1 aliphatic rings. The molecule has 2 amide bonds. The number of nitrogens with zero attached hydrogens (tertiary/aromatic N) is 5. The maximum Gasteiger partial charge on any atom is 0.335 e. The van der Waals surface area contributed by atoms with Crippen LogP contribution in [0, 0.1) is 6.92 Å². The zero-order valence-electron chi connectivity index (χ0n) is 20.1. The van der Waals surface area contributed by atoms with Crippen molar-refractivity contribution in [1.29, 1.82) is 0 Å². The smallest absolute Gasteiger partial charge is 0.335 e. The van der Waals surface area contributed by atoms with E-state index in [1.165, 1.54) is 22.8 Å². The molecule has 38 heavy (non-hydrogen) atoms. The molecule has 3 heterocycles. The fourth-order valence-corrected chi connectivity index (χ4v) is 4.71. The number of benzene rings is 2. The molecule has 0 fully saturated rings. The molecule has 0 spiro atoms. The Labute approximate surface area is 214 Å². The fraction of sp³-hybridized carbons (Fsp3) is 0.192. The minimum atomic E-state index is -0.994. The second-order valence-corrected chi connectivity index (χ2v) is 9.03. The van der Waals surface area contributed by atoms with Crippen LogP contribution in [-0.2, 0) is 13.0 Å². The van der Waals surface area contributed by atoms with Gasteiger partial charge in [-0.3, -0.25) is 9.59 Å². The van der Waals surface area contributed by atoms with Crippen molar-refractivity contribution >= 4 is 34.5 Å². The molecule has 12 nitrogen and oxygen atoms in total. The average Bonchev–Trinajstić information content (AvgIpc) is 3.63. The van der Waals surface area contributed by atoms with Gasteiger partial charge < -0.3 is 20.2 Å². The summed E-state index contributed by atoms with van der Waals surface area (Å²) >= 11 is 0. The van der Waals surface area contributed by atoms with Gasteiger partial charge in [0.2, 0.25) is 0 Å². The number of carbonyl (C=O) groups excluding carboxylic acids is 2. The first-order chi connectivity index (χ1) is 18.4. The second-order valence-electron chi connectivity index (χ2n) is 9.03. The third-order valence-corrected chi connectivity index (χ3v) is 6.52. The summed E-state index contributed by atoms with van der Waals surface area (Å²) in [7, 11) is 0. The van der Waals surface area contributed by atoms with E-state index in [1.54, 1.807) is 25.1 Å². The Morgan fingerprint density at radius 1 is 1.11 bits per heavy atom. The van der Waals surface area contributed by atoms with Crippen LogP contribution in [0.25, 0.3) is 16.7 Å². The lowest BCUT2D eigenvalue weighted by Crippen LogP contribution is -2.30. The van der Waals surface area contributed by atoms with Gasteiger partial charge in [-0.2, -0.15) is 4.52 Å². The number of aryl methyl sites for hydroxylation is 2. The minimum absolute atomic E-state index is 0.0417. The zero-order valence-corrected chi connectivity index (χ0v) is 20.1. The Bertz CT molecular complexity index is 1760. The average molecular weight is 511 g/mol. The topological polar surface area (TPSA) is 165 Å². The summed E-state index contributed by atoms with van der Waals surface area (Å²) in [6, 6.07) is 11.4. The van der Waals surface area contributed by atoms with Gasteiger partial charge in [-0.25, -0.2) is 14.8 Å². The first-order valence-electron chi connectivity index (χ1n) is 11.9. The fourth-order valence-electron chi connectivity index (χ4n) is 4.71. The third kappa shape index (κ3) is 4.21. The first-order valence-corrected chi connectivity index (χ1v) is 11.9. The van der Waals surface area contributed by atoms with Gasteiger partial charge in [0.15, 0.2) is 17.1 Å². The summed E-state index contributed by atoms with van der Waals surface area (Å²) in [6.45, 7) is 1.99. The zero-order chi connectivity index (χ0) is 26.4. The summed E-state index contributed by atoms with van der Waals surface area (Å²) in [5.74, 6) is -1.36. The molecule has 6 rings (SSSR count). The Kier molecular flexibility index (Phi) is 5.56. The molecule has 1 aliphatic carbocycles. The van der Waals surface area contributed by atoms with E-state index in [-0.39, 0.29) is 35.2 Å². The van der Waals surface area contributed by atoms with Crippen LogP contribution in [0.5, 0.6) is 0 Å². The van der Waals surface area contributed by atoms with Crippen LogP contribution in [0.4, 0.5) is 0 Å². The largest absolute Gasteiger partial charge is 0.478 e. The molecule has 0 radical (unpaired) electrons. The molecular formula is C26H21N7O5. The lowest BCUT2D eigenvalue weighted by molar-refractivity contribution is 0.0696. The number of rotatable bonds is 6. The van der Waals surface area contributed by atoms with E-state index >= 15 is 0 Å². The van der Waals surface area contributed by atoms with Crippen molar-refractivity contribution in [2.75, 3.05) is 0 Å². The van der Waals surface area contributed by atoms with Crippen LogP contribution >= 0.6 is 0 Å². The number of hydrogen-bond acceptors (Lipinski definition) is 8.